The topological polar surface area (TPSA) is 77.8 Å². The van der Waals surface area contributed by atoms with E-state index in [1.54, 1.807) is 0 Å². The molecule has 6 heteroatoms. The Kier molecular flexibility index (Phi) is 5.74. The van der Waals surface area contributed by atoms with Gasteiger partial charge in [0.2, 0.25) is 0 Å². The normalized spacial score (nSPS) is 14.3. The molecule has 0 bridgehead atoms. The van der Waals surface area contributed by atoms with Crippen LogP contribution in [0.2, 0.25) is 0 Å². The van der Waals surface area contributed by atoms with E-state index < -0.39 is 18.0 Å². The number of rotatable bonds is 5. The molecule has 3 N–H and O–H groups in total. The molecule has 0 amide bonds. The molecule has 1 aromatic rings. The van der Waals surface area contributed by atoms with E-state index in [4.69, 9.17) is 5.11 Å². The minimum atomic E-state index is -1.34. The summed E-state index contributed by atoms with van der Waals surface area (Å²) in [5.41, 5.74) is 0.477. The molecule has 0 saturated heterocycles. The molecule has 0 fully saturated rings. The first-order valence-electron chi connectivity index (χ1n) is 5.34. The second-order valence-electron chi connectivity index (χ2n) is 3.82. The van der Waals surface area contributed by atoms with Crippen molar-refractivity contribution in [2.75, 3.05) is 5.75 Å². The molecule has 18 heavy (non-hydrogen) atoms. The fourth-order valence-corrected chi connectivity index (χ4v) is 2.07. The van der Waals surface area contributed by atoms with Crippen molar-refractivity contribution in [2.45, 2.75) is 25.7 Å². The number of carbonyl (C=O) groups excluding carboxylic acids is 1. The highest BCUT2D eigenvalue weighted by atomic mass is 32.2. The van der Waals surface area contributed by atoms with Crippen LogP contribution in [0, 0.1) is 5.82 Å². The van der Waals surface area contributed by atoms with Crippen LogP contribution >= 0.6 is 11.8 Å². The molecule has 0 aliphatic heterocycles. The number of thioether (sulfide) groups is 1. The van der Waals surface area contributed by atoms with E-state index in [1.165, 1.54) is 19.1 Å². The number of hydrogen-bond acceptors (Lipinski definition) is 5. The van der Waals surface area contributed by atoms with Gasteiger partial charge in [-0.3, -0.25) is 4.79 Å². The molecular weight excluding hydrogens is 259 g/mol. The monoisotopic (exact) mass is 274 g/mol. The minimum Gasteiger partial charge on any atom is -0.392 e. The van der Waals surface area contributed by atoms with Gasteiger partial charge in [0.15, 0.2) is 5.12 Å². The van der Waals surface area contributed by atoms with Crippen LogP contribution in [0.1, 0.15) is 24.2 Å². The van der Waals surface area contributed by atoms with Crippen molar-refractivity contribution < 1.29 is 24.5 Å². The molecule has 1 rings (SSSR count). The van der Waals surface area contributed by atoms with Gasteiger partial charge in [0, 0.05) is 12.7 Å². The second kappa shape index (κ2) is 6.84. The predicted molar refractivity (Wildman–Crippen MR) is 66.4 cm³/mol. The second-order valence-corrected chi connectivity index (χ2v) is 5.01. The van der Waals surface area contributed by atoms with Crippen LogP contribution in [0.25, 0.3) is 0 Å². The lowest BCUT2D eigenvalue weighted by molar-refractivity contribution is -0.109. The standard InChI is InChI=1S/C12H15FO4S/c1-7(15)18-6-11(16)12(17)10-4-9(13)3-2-8(10)5-14/h2-4,11-12,14,16-17H,5-6H2,1H3. The van der Waals surface area contributed by atoms with Crippen molar-refractivity contribution in [1.29, 1.82) is 0 Å². The van der Waals surface area contributed by atoms with Gasteiger partial charge in [0.25, 0.3) is 0 Å². The molecule has 0 heterocycles. The molecule has 0 spiro atoms. The Balaban J connectivity index is 2.84. The maximum Gasteiger partial charge on any atom is 0.185 e. The van der Waals surface area contributed by atoms with Crippen LogP contribution in [0.4, 0.5) is 4.39 Å². The van der Waals surface area contributed by atoms with Crippen LogP contribution in [-0.4, -0.2) is 32.3 Å². The fourth-order valence-electron chi connectivity index (χ4n) is 1.49. The van der Waals surface area contributed by atoms with Crippen LogP contribution in [0.15, 0.2) is 18.2 Å². The lowest BCUT2D eigenvalue weighted by Gasteiger charge is -2.19. The summed E-state index contributed by atoms with van der Waals surface area (Å²) in [5.74, 6) is -0.551. The van der Waals surface area contributed by atoms with Gasteiger partial charge in [-0.25, -0.2) is 4.39 Å². The van der Waals surface area contributed by atoms with Gasteiger partial charge in [-0.05, 0) is 23.3 Å². The van der Waals surface area contributed by atoms with Gasteiger partial charge >= 0.3 is 0 Å². The van der Waals surface area contributed by atoms with E-state index in [0.29, 0.717) is 5.56 Å². The van der Waals surface area contributed by atoms with E-state index in [0.717, 1.165) is 17.8 Å². The molecule has 0 saturated carbocycles. The Labute approximate surface area is 108 Å². The largest absolute Gasteiger partial charge is 0.392 e. The number of halogens is 1. The first-order valence-corrected chi connectivity index (χ1v) is 6.33. The SMILES string of the molecule is CC(=O)SCC(O)C(O)c1cc(F)ccc1CO. The van der Waals surface area contributed by atoms with Crippen LogP contribution in [0.5, 0.6) is 0 Å². The maximum atomic E-state index is 13.1. The van der Waals surface area contributed by atoms with Crippen molar-refractivity contribution in [3.8, 4) is 0 Å². The van der Waals surface area contributed by atoms with E-state index in [2.05, 4.69) is 0 Å². The minimum absolute atomic E-state index is 0.0118. The Morgan fingerprint density at radius 2 is 2.11 bits per heavy atom. The molecule has 0 aliphatic rings. The third-order valence-corrected chi connectivity index (χ3v) is 3.33. The average molecular weight is 274 g/mol. The van der Waals surface area contributed by atoms with Gasteiger partial charge in [-0.1, -0.05) is 17.8 Å². The van der Waals surface area contributed by atoms with Crippen molar-refractivity contribution in [1.82, 2.24) is 0 Å². The molecule has 0 aromatic heterocycles. The highest BCUT2D eigenvalue weighted by molar-refractivity contribution is 8.13. The molecule has 0 radical (unpaired) electrons. The van der Waals surface area contributed by atoms with Crippen molar-refractivity contribution in [2.24, 2.45) is 0 Å². The van der Waals surface area contributed by atoms with Crippen LogP contribution in [0.3, 0.4) is 0 Å². The zero-order valence-electron chi connectivity index (χ0n) is 9.84. The smallest absolute Gasteiger partial charge is 0.185 e. The van der Waals surface area contributed by atoms with Crippen LogP contribution in [-0.2, 0) is 11.4 Å². The Hall–Kier alpha value is -0.950. The zero-order valence-corrected chi connectivity index (χ0v) is 10.7. The molecule has 2 atom stereocenters. The molecule has 4 nitrogen and oxygen atoms in total. The summed E-state index contributed by atoms with van der Waals surface area (Å²) < 4.78 is 13.1. The number of aliphatic hydroxyl groups is 3. The quantitative estimate of drug-likeness (QED) is 0.746. The predicted octanol–water partition coefficient (Wildman–Crippen LogP) is 0.992. The molecule has 2 unspecified atom stereocenters. The highest BCUT2D eigenvalue weighted by Crippen LogP contribution is 2.24. The van der Waals surface area contributed by atoms with Gasteiger partial charge < -0.3 is 15.3 Å². The van der Waals surface area contributed by atoms with E-state index in [9.17, 15) is 19.4 Å². The van der Waals surface area contributed by atoms with Crippen molar-refractivity contribution in [3.05, 3.63) is 35.1 Å². The lowest BCUT2D eigenvalue weighted by Crippen LogP contribution is -2.22. The molecule has 100 valence electrons. The summed E-state index contributed by atoms with van der Waals surface area (Å²) in [6.07, 6.45) is -2.54. The van der Waals surface area contributed by atoms with E-state index >= 15 is 0 Å². The van der Waals surface area contributed by atoms with Crippen molar-refractivity contribution >= 4 is 16.9 Å². The van der Waals surface area contributed by atoms with Gasteiger partial charge in [-0.2, -0.15) is 0 Å². The maximum absolute atomic E-state index is 13.1. The summed E-state index contributed by atoms with van der Waals surface area (Å²) >= 11 is 0.875. The van der Waals surface area contributed by atoms with E-state index in [-0.39, 0.29) is 23.0 Å². The first-order chi connectivity index (χ1) is 8.45. The number of aliphatic hydroxyl groups excluding tert-OH is 3. The van der Waals surface area contributed by atoms with Gasteiger partial charge in [-0.15, -0.1) is 0 Å². The molecular formula is C12H15FO4S. The summed E-state index contributed by atoms with van der Waals surface area (Å²) in [4.78, 5) is 10.8. The summed E-state index contributed by atoms with van der Waals surface area (Å²) in [6, 6.07) is 3.58. The third-order valence-electron chi connectivity index (χ3n) is 2.42. The molecule has 0 aliphatic carbocycles. The Morgan fingerprint density at radius 1 is 1.44 bits per heavy atom. The van der Waals surface area contributed by atoms with E-state index in [1.807, 2.05) is 0 Å². The third kappa shape index (κ3) is 4.06. The van der Waals surface area contributed by atoms with Gasteiger partial charge in [0.1, 0.15) is 11.9 Å². The molecule has 1 aromatic carbocycles. The zero-order chi connectivity index (χ0) is 13.7. The van der Waals surface area contributed by atoms with Gasteiger partial charge in [0.05, 0.1) is 12.7 Å². The lowest BCUT2D eigenvalue weighted by atomic mass is 9.99. The number of hydrogen-bond donors (Lipinski definition) is 3. The van der Waals surface area contributed by atoms with Crippen LogP contribution < -0.4 is 0 Å². The Bertz CT molecular complexity index is 425. The number of carbonyl (C=O) groups is 1. The summed E-state index contributed by atoms with van der Waals surface area (Å²) in [7, 11) is 0. The summed E-state index contributed by atoms with van der Waals surface area (Å²) in [6.45, 7) is 0.990. The first kappa shape index (κ1) is 15.1. The summed E-state index contributed by atoms with van der Waals surface area (Å²) in [5, 5.41) is 28.5. The Morgan fingerprint density at radius 3 is 2.67 bits per heavy atom. The highest BCUT2D eigenvalue weighted by Gasteiger charge is 2.22. The fraction of sp³-hybridized carbons (Fsp3) is 0.417. The average Bonchev–Trinajstić information content (AvgIpc) is 2.34. The number of benzene rings is 1. The van der Waals surface area contributed by atoms with Crippen molar-refractivity contribution in [3.63, 3.8) is 0 Å².